The Bertz CT molecular complexity index is 315. The van der Waals surface area contributed by atoms with Gasteiger partial charge in [-0.3, -0.25) is 4.79 Å². The summed E-state index contributed by atoms with van der Waals surface area (Å²) in [6, 6.07) is 1.90. The van der Waals surface area contributed by atoms with Crippen molar-refractivity contribution in [3.05, 3.63) is 11.8 Å². The molecule has 1 amide bonds. The molecule has 0 rings (SSSR count). The molecule has 0 spiro atoms. The van der Waals surface area contributed by atoms with Crippen molar-refractivity contribution in [3.8, 4) is 6.07 Å². The Kier molecular flexibility index (Phi) is 8.67. The third-order valence-corrected chi connectivity index (χ3v) is 2.21. The molecule has 0 aliphatic carbocycles. The average Bonchev–Trinajstić information content (AvgIpc) is 2.30. The lowest BCUT2D eigenvalue weighted by Crippen LogP contribution is -2.29. The standard InChI is InChI=1S/C13H24N4O/c1-11(2)9-16-13(18)12(8-14)10-15-6-5-7-17(3)4/h10-11,15H,5-7,9H2,1-4H3,(H,16,18)/b12-10-. The minimum Gasteiger partial charge on any atom is -0.390 e. The summed E-state index contributed by atoms with van der Waals surface area (Å²) in [7, 11) is 4.02. The Morgan fingerprint density at radius 2 is 2.11 bits per heavy atom. The minimum atomic E-state index is -0.314. The molecule has 0 unspecified atom stereocenters. The fourth-order valence-electron chi connectivity index (χ4n) is 1.21. The maximum Gasteiger partial charge on any atom is 0.263 e. The number of amides is 1. The Labute approximate surface area is 110 Å². The van der Waals surface area contributed by atoms with Crippen molar-refractivity contribution in [2.75, 3.05) is 33.7 Å². The molecule has 0 saturated heterocycles. The van der Waals surface area contributed by atoms with Gasteiger partial charge in [-0.25, -0.2) is 0 Å². The van der Waals surface area contributed by atoms with Gasteiger partial charge in [-0.05, 0) is 33.0 Å². The van der Waals surface area contributed by atoms with E-state index in [2.05, 4.69) is 15.5 Å². The number of nitriles is 1. The zero-order valence-electron chi connectivity index (χ0n) is 11.8. The number of carbonyl (C=O) groups excluding carboxylic acids is 1. The van der Waals surface area contributed by atoms with Crippen LogP contribution in [0.15, 0.2) is 11.8 Å². The Hall–Kier alpha value is -1.54. The monoisotopic (exact) mass is 252 g/mol. The van der Waals surface area contributed by atoms with Crippen LogP contribution in [-0.2, 0) is 4.79 Å². The third kappa shape index (κ3) is 8.59. The summed E-state index contributed by atoms with van der Waals surface area (Å²) in [4.78, 5) is 13.7. The second-order valence-electron chi connectivity index (χ2n) is 4.88. The Balaban J connectivity index is 4.00. The Morgan fingerprint density at radius 3 is 2.61 bits per heavy atom. The molecule has 5 nitrogen and oxygen atoms in total. The fraction of sp³-hybridized carbons (Fsp3) is 0.692. The van der Waals surface area contributed by atoms with Gasteiger partial charge in [0.1, 0.15) is 11.6 Å². The summed E-state index contributed by atoms with van der Waals surface area (Å²) < 4.78 is 0. The summed E-state index contributed by atoms with van der Waals surface area (Å²) in [5, 5.41) is 14.6. The number of carbonyl (C=O) groups is 1. The molecule has 2 N–H and O–H groups in total. The van der Waals surface area contributed by atoms with Crippen molar-refractivity contribution in [1.29, 1.82) is 5.26 Å². The van der Waals surface area contributed by atoms with Crippen LogP contribution in [0.4, 0.5) is 0 Å². The normalized spacial score (nSPS) is 11.5. The molecular weight excluding hydrogens is 228 g/mol. The van der Waals surface area contributed by atoms with Crippen LogP contribution in [0.1, 0.15) is 20.3 Å². The molecule has 0 heterocycles. The zero-order valence-corrected chi connectivity index (χ0v) is 11.8. The molecule has 0 saturated carbocycles. The van der Waals surface area contributed by atoms with Gasteiger partial charge in [-0.2, -0.15) is 5.26 Å². The third-order valence-electron chi connectivity index (χ3n) is 2.21. The topological polar surface area (TPSA) is 68.2 Å². The van der Waals surface area contributed by atoms with E-state index in [1.807, 2.05) is 34.0 Å². The first-order valence-corrected chi connectivity index (χ1v) is 6.24. The van der Waals surface area contributed by atoms with Gasteiger partial charge in [-0.15, -0.1) is 0 Å². The van der Waals surface area contributed by atoms with Crippen LogP contribution in [0.3, 0.4) is 0 Å². The van der Waals surface area contributed by atoms with Gasteiger partial charge < -0.3 is 15.5 Å². The molecule has 0 atom stereocenters. The van der Waals surface area contributed by atoms with E-state index < -0.39 is 0 Å². The highest BCUT2D eigenvalue weighted by atomic mass is 16.1. The molecule has 0 aromatic heterocycles. The van der Waals surface area contributed by atoms with Crippen LogP contribution in [-0.4, -0.2) is 44.5 Å². The summed E-state index contributed by atoms with van der Waals surface area (Å²) in [6.07, 6.45) is 2.46. The van der Waals surface area contributed by atoms with Crippen LogP contribution in [0.2, 0.25) is 0 Å². The van der Waals surface area contributed by atoms with E-state index >= 15 is 0 Å². The summed E-state index contributed by atoms with van der Waals surface area (Å²) in [5.41, 5.74) is 0.125. The van der Waals surface area contributed by atoms with Crippen molar-refractivity contribution >= 4 is 5.91 Å². The molecule has 102 valence electrons. The molecule has 0 fully saturated rings. The van der Waals surface area contributed by atoms with Gasteiger partial charge in [-0.1, -0.05) is 13.8 Å². The number of nitrogens with zero attached hydrogens (tertiary/aromatic N) is 2. The molecular formula is C13H24N4O. The van der Waals surface area contributed by atoms with Crippen molar-refractivity contribution < 1.29 is 4.79 Å². The average molecular weight is 252 g/mol. The van der Waals surface area contributed by atoms with E-state index in [1.165, 1.54) is 6.20 Å². The molecule has 0 aromatic carbocycles. The Morgan fingerprint density at radius 1 is 1.44 bits per heavy atom. The number of rotatable bonds is 8. The van der Waals surface area contributed by atoms with Gasteiger partial charge in [0.2, 0.25) is 0 Å². The van der Waals surface area contributed by atoms with Gasteiger partial charge in [0.25, 0.3) is 5.91 Å². The van der Waals surface area contributed by atoms with Gasteiger partial charge >= 0.3 is 0 Å². The van der Waals surface area contributed by atoms with E-state index in [1.54, 1.807) is 0 Å². The van der Waals surface area contributed by atoms with E-state index in [-0.39, 0.29) is 11.5 Å². The second kappa shape index (κ2) is 9.49. The molecule has 0 aromatic rings. The van der Waals surface area contributed by atoms with E-state index in [4.69, 9.17) is 5.26 Å². The molecule has 18 heavy (non-hydrogen) atoms. The molecule has 0 bridgehead atoms. The first kappa shape index (κ1) is 16.5. The smallest absolute Gasteiger partial charge is 0.263 e. The van der Waals surface area contributed by atoms with Crippen LogP contribution >= 0.6 is 0 Å². The highest BCUT2D eigenvalue weighted by molar-refractivity contribution is 5.97. The van der Waals surface area contributed by atoms with Crippen LogP contribution in [0.5, 0.6) is 0 Å². The summed E-state index contributed by atoms with van der Waals surface area (Å²) in [6.45, 7) is 6.33. The number of nitrogens with one attached hydrogen (secondary N) is 2. The van der Waals surface area contributed by atoms with Crippen molar-refractivity contribution in [2.24, 2.45) is 5.92 Å². The van der Waals surface area contributed by atoms with Crippen molar-refractivity contribution in [1.82, 2.24) is 15.5 Å². The van der Waals surface area contributed by atoms with Crippen LogP contribution in [0, 0.1) is 17.2 Å². The lowest BCUT2D eigenvalue weighted by Gasteiger charge is -2.09. The summed E-state index contributed by atoms with van der Waals surface area (Å²) in [5.74, 6) is 0.0632. The van der Waals surface area contributed by atoms with Crippen molar-refractivity contribution in [3.63, 3.8) is 0 Å². The maximum absolute atomic E-state index is 11.6. The first-order valence-electron chi connectivity index (χ1n) is 6.24. The highest BCUT2D eigenvalue weighted by Crippen LogP contribution is 1.93. The van der Waals surface area contributed by atoms with Crippen molar-refractivity contribution in [2.45, 2.75) is 20.3 Å². The maximum atomic E-state index is 11.6. The SMILES string of the molecule is CC(C)CNC(=O)/C(C#N)=C\NCCCN(C)C. The lowest BCUT2D eigenvalue weighted by atomic mass is 10.2. The predicted octanol–water partition coefficient (Wildman–Crippen LogP) is 0.707. The van der Waals surface area contributed by atoms with Crippen LogP contribution < -0.4 is 10.6 Å². The van der Waals surface area contributed by atoms with Crippen LogP contribution in [0.25, 0.3) is 0 Å². The highest BCUT2D eigenvalue weighted by Gasteiger charge is 2.08. The van der Waals surface area contributed by atoms with E-state index in [0.29, 0.717) is 12.5 Å². The quantitative estimate of drug-likeness (QED) is 0.379. The number of hydrogen-bond acceptors (Lipinski definition) is 4. The van der Waals surface area contributed by atoms with Gasteiger partial charge in [0.15, 0.2) is 0 Å². The first-order chi connectivity index (χ1) is 8.47. The zero-order chi connectivity index (χ0) is 14.0. The van der Waals surface area contributed by atoms with E-state index in [9.17, 15) is 4.79 Å². The molecule has 0 aliphatic rings. The fourth-order valence-corrected chi connectivity index (χ4v) is 1.21. The van der Waals surface area contributed by atoms with E-state index in [0.717, 1.165) is 19.5 Å². The second-order valence-corrected chi connectivity index (χ2v) is 4.88. The van der Waals surface area contributed by atoms with Gasteiger partial charge in [0, 0.05) is 19.3 Å². The lowest BCUT2D eigenvalue weighted by molar-refractivity contribution is -0.117. The number of hydrogen-bond donors (Lipinski definition) is 2. The summed E-state index contributed by atoms with van der Waals surface area (Å²) >= 11 is 0. The largest absolute Gasteiger partial charge is 0.390 e. The molecule has 0 radical (unpaired) electrons. The molecule has 0 aliphatic heterocycles. The van der Waals surface area contributed by atoms with Gasteiger partial charge in [0.05, 0.1) is 0 Å². The predicted molar refractivity (Wildman–Crippen MR) is 72.7 cm³/mol. The molecule has 5 heteroatoms. The minimum absolute atomic E-state index is 0.125.